The SMILES string of the molecule is CC(C(=O)O)N(C)c1nncc2ccccc12. The maximum absolute atomic E-state index is 11.0. The number of benzene rings is 1. The first-order chi connectivity index (χ1) is 8.11. The normalized spacial score (nSPS) is 12.4. The van der Waals surface area contributed by atoms with E-state index in [2.05, 4.69) is 10.2 Å². The van der Waals surface area contributed by atoms with E-state index in [1.54, 1.807) is 25.1 Å². The van der Waals surface area contributed by atoms with Crippen LogP contribution in [0.15, 0.2) is 30.5 Å². The van der Waals surface area contributed by atoms with Crippen molar-refractivity contribution in [1.82, 2.24) is 10.2 Å². The third-order valence-electron chi connectivity index (χ3n) is 2.82. The van der Waals surface area contributed by atoms with Gasteiger partial charge in [-0.05, 0) is 6.92 Å². The van der Waals surface area contributed by atoms with Gasteiger partial charge in [0.05, 0.1) is 6.20 Å². The molecule has 1 heterocycles. The topological polar surface area (TPSA) is 66.3 Å². The third kappa shape index (κ3) is 2.04. The van der Waals surface area contributed by atoms with E-state index in [0.717, 1.165) is 10.8 Å². The lowest BCUT2D eigenvalue weighted by molar-refractivity contribution is -0.138. The predicted octanol–water partition coefficient (Wildman–Crippen LogP) is 1.54. The van der Waals surface area contributed by atoms with Crippen LogP contribution in [0.4, 0.5) is 5.82 Å². The Morgan fingerprint density at radius 3 is 2.82 bits per heavy atom. The van der Waals surface area contributed by atoms with E-state index in [1.165, 1.54) is 0 Å². The van der Waals surface area contributed by atoms with Gasteiger partial charge in [-0.1, -0.05) is 24.3 Å². The van der Waals surface area contributed by atoms with E-state index in [0.29, 0.717) is 5.82 Å². The van der Waals surface area contributed by atoms with Crippen LogP contribution in [0.2, 0.25) is 0 Å². The quantitative estimate of drug-likeness (QED) is 0.867. The van der Waals surface area contributed by atoms with Gasteiger partial charge in [-0.2, -0.15) is 5.10 Å². The molecule has 88 valence electrons. The van der Waals surface area contributed by atoms with Crippen molar-refractivity contribution < 1.29 is 9.90 Å². The minimum Gasteiger partial charge on any atom is -0.480 e. The molecule has 1 atom stereocenters. The number of hydrogen-bond acceptors (Lipinski definition) is 4. The minimum atomic E-state index is -0.887. The number of aromatic nitrogens is 2. The Morgan fingerprint density at radius 1 is 1.41 bits per heavy atom. The molecule has 0 aliphatic carbocycles. The number of carboxylic acids is 1. The monoisotopic (exact) mass is 231 g/mol. The second kappa shape index (κ2) is 4.37. The van der Waals surface area contributed by atoms with Crippen molar-refractivity contribution in [3.8, 4) is 0 Å². The number of likely N-dealkylation sites (N-methyl/N-ethyl adjacent to an activating group) is 1. The second-order valence-electron chi connectivity index (χ2n) is 3.88. The zero-order valence-corrected chi connectivity index (χ0v) is 9.66. The molecule has 0 amide bonds. The molecule has 0 aliphatic heterocycles. The van der Waals surface area contributed by atoms with Crippen molar-refractivity contribution >= 4 is 22.6 Å². The molecule has 1 aromatic carbocycles. The van der Waals surface area contributed by atoms with Crippen LogP contribution in [0.3, 0.4) is 0 Å². The van der Waals surface area contributed by atoms with Crippen LogP contribution in [0.1, 0.15) is 6.92 Å². The molecule has 0 radical (unpaired) electrons. The molecule has 0 bridgehead atoms. The molecule has 17 heavy (non-hydrogen) atoms. The Morgan fingerprint density at radius 2 is 2.12 bits per heavy atom. The fraction of sp³-hybridized carbons (Fsp3) is 0.250. The Hall–Kier alpha value is -2.17. The molecular formula is C12H13N3O2. The highest BCUT2D eigenvalue weighted by Crippen LogP contribution is 2.23. The standard InChI is InChI=1S/C12H13N3O2/c1-8(12(16)17)15(2)11-10-6-4-3-5-9(10)7-13-14-11/h3-8H,1-2H3,(H,16,17). The number of fused-ring (bicyclic) bond motifs is 1. The maximum Gasteiger partial charge on any atom is 0.326 e. The molecule has 2 rings (SSSR count). The molecule has 0 spiro atoms. The van der Waals surface area contributed by atoms with Gasteiger partial charge in [0.25, 0.3) is 0 Å². The lowest BCUT2D eigenvalue weighted by atomic mass is 10.1. The summed E-state index contributed by atoms with van der Waals surface area (Å²) in [5.74, 6) is -0.305. The van der Waals surface area contributed by atoms with Gasteiger partial charge in [0.15, 0.2) is 5.82 Å². The third-order valence-corrected chi connectivity index (χ3v) is 2.82. The van der Waals surface area contributed by atoms with Gasteiger partial charge >= 0.3 is 5.97 Å². The first-order valence-corrected chi connectivity index (χ1v) is 5.27. The molecule has 1 aromatic heterocycles. The largest absolute Gasteiger partial charge is 0.480 e. The Balaban J connectivity index is 2.52. The first kappa shape index (κ1) is 11.3. The fourth-order valence-corrected chi connectivity index (χ4v) is 1.62. The second-order valence-corrected chi connectivity index (χ2v) is 3.88. The zero-order chi connectivity index (χ0) is 12.4. The van der Waals surface area contributed by atoms with E-state index >= 15 is 0 Å². The van der Waals surface area contributed by atoms with Crippen molar-refractivity contribution in [2.24, 2.45) is 0 Å². The predicted molar refractivity (Wildman–Crippen MR) is 65.0 cm³/mol. The Kier molecular flexibility index (Phi) is 2.91. The first-order valence-electron chi connectivity index (χ1n) is 5.27. The van der Waals surface area contributed by atoms with Gasteiger partial charge in [-0.3, -0.25) is 0 Å². The van der Waals surface area contributed by atoms with Crippen LogP contribution in [0, 0.1) is 0 Å². The summed E-state index contributed by atoms with van der Waals surface area (Å²) in [7, 11) is 1.70. The smallest absolute Gasteiger partial charge is 0.326 e. The van der Waals surface area contributed by atoms with Crippen molar-refractivity contribution in [1.29, 1.82) is 0 Å². The van der Waals surface area contributed by atoms with Crippen LogP contribution in [-0.2, 0) is 4.79 Å². The lowest BCUT2D eigenvalue weighted by Crippen LogP contribution is -2.36. The zero-order valence-electron chi connectivity index (χ0n) is 9.66. The number of aliphatic carboxylic acids is 1. The molecule has 0 aliphatic rings. The van der Waals surface area contributed by atoms with Crippen LogP contribution >= 0.6 is 0 Å². The number of carbonyl (C=O) groups is 1. The molecule has 5 heteroatoms. The number of nitrogens with zero attached hydrogens (tertiary/aromatic N) is 3. The van der Waals surface area contributed by atoms with E-state index < -0.39 is 12.0 Å². The maximum atomic E-state index is 11.0. The highest BCUT2D eigenvalue weighted by molar-refractivity contribution is 5.92. The van der Waals surface area contributed by atoms with Gasteiger partial charge < -0.3 is 10.0 Å². The van der Waals surface area contributed by atoms with Gasteiger partial charge in [-0.25, -0.2) is 4.79 Å². The van der Waals surface area contributed by atoms with Gasteiger partial charge in [0, 0.05) is 17.8 Å². The number of anilines is 1. The summed E-state index contributed by atoms with van der Waals surface area (Å²) < 4.78 is 0. The summed E-state index contributed by atoms with van der Waals surface area (Å²) in [6, 6.07) is 6.99. The summed E-state index contributed by atoms with van der Waals surface area (Å²) in [4.78, 5) is 12.6. The highest BCUT2D eigenvalue weighted by Gasteiger charge is 2.20. The van der Waals surface area contributed by atoms with E-state index in [1.807, 2.05) is 24.3 Å². The van der Waals surface area contributed by atoms with Crippen molar-refractivity contribution in [3.05, 3.63) is 30.5 Å². The van der Waals surface area contributed by atoms with Crippen LogP contribution in [0.5, 0.6) is 0 Å². The summed E-state index contributed by atoms with van der Waals surface area (Å²) >= 11 is 0. The molecular weight excluding hydrogens is 218 g/mol. The van der Waals surface area contributed by atoms with Gasteiger partial charge in [0.2, 0.25) is 0 Å². The lowest BCUT2D eigenvalue weighted by Gasteiger charge is -2.23. The number of carboxylic acid groups (broad SMARTS) is 1. The summed E-state index contributed by atoms with van der Waals surface area (Å²) in [5.41, 5.74) is 0. The van der Waals surface area contributed by atoms with Crippen LogP contribution < -0.4 is 4.90 Å². The molecule has 1 N–H and O–H groups in total. The molecule has 2 aromatic rings. The summed E-state index contributed by atoms with van der Waals surface area (Å²) in [6.45, 7) is 1.62. The van der Waals surface area contributed by atoms with Crippen molar-refractivity contribution in [2.75, 3.05) is 11.9 Å². The van der Waals surface area contributed by atoms with E-state index in [-0.39, 0.29) is 0 Å². The Labute approximate surface area is 98.7 Å². The van der Waals surface area contributed by atoms with E-state index in [9.17, 15) is 4.79 Å². The molecule has 1 unspecified atom stereocenters. The Bertz CT molecular complexity index is 551. The molecule has 0 fully saturated rings. The summed E-state index contributed by atoms with van der Waals surface area (Å²) in [5, 5.41) is 18.8. The average molecular weight is 231 g/mol. The number of rotatable bonds is 3. The average Bonchev–Trinajstić information content (AvgIpc) is 2.36. The highest BCUT2D eigenvalue weighted by atomic mass is 16.4. The van der Waals surface area contributed by atoms with Gasteiger partial charge in [0.1, 0.15) is 6.04 Å². The summed E-state index contributed by atoms with van der Waals surface area (Å²) in [6.07, 6.45) is 1.66. The van der Waals surface area contributed by atoms with Gasteiger partial charge in [-0.15, -0.1) is 5.10 Å². The molecule has 0 saturated heterocycles. The van der Waals surface area contributed by atoms with Crippen LogP contribution in [0.25, 0.3) is 10.8 Å². The minimum absolute atomic E-state index is 0.581. The molecule has 0 saturated carbocycles. The van der Waals surface area contributed by atoms with Crippen molar-refractivity contribution in [2.45, 2.75) is 13.0 Å². The van der Waals surface area contributed by atoms with Crippen molar-refractivity contribution in [3.63, 3.8) is 0 Å². The van der Waals surface area contributed by atoms with Crippen LogP contribution in [-0.4, -0.2) is 34.4 Å². The number of hydrogen-bond donors (Lipinski definition) is 1. The molecule has 5 nitrogen and oxygen atoms in total. The van der Waals surface area contributed by atoms with E-state index in [4.69, 9.17) is 5.11 Å². The fourth-order valence-electron chi connectivity index (χ4n) is 1.62.